The zero-order valence-electron chi connectivity index (χ0n) is 25.1. The molecule has 1 saturated carbocycles. The number of ether oxygens (including phenoxy) is 1. The number of fused-ring (bicyclic) bond motifs is 3. The average molecular weight is 631 g/mol. The highest BCUT2D eigenvalue weighted by Crippen LogP contribution is 2.53. The van der Waals surface area contributed by atoms with E-state index in [1.165, 1.54) is 42.5 Å². The molecule has 2 N–H and O–H groups in total. The van der Waals surface area contributed by atoms with Gasteiger partial charge in [-0.3, -0.25) is 19.7 Å². The Labute approximate surface area is 256 Å². The van der Waals surface area contributed by atoms with Gasteiger partial charge in [-0.25, -0.2) is 13.2 Å². The molecule has 2 aromatic rings. The van der Waals surface area contributed by atoms with Crippen LogP contribution in [0.15, 0.2) is 29.2 Å². The Morgan fingerprint density at radius 3 is 2.42 bits per heavy atom. The van der Waals surface area contributed by atoms with Crippen molar-refractivity contribution in [1.29, 1.82) is 0 Å². The van der Waals surface area contributed by atoms with Crippen molar-refractivity contribution >= 4 is 50.2 Å². The van der Waals surface area contributed by atoms with Crippen LogP contribution in [0.1, 0.15) is 85.0 Å². The van der Waals surface area contributed by atoms with E-state index in [1.807, 2.05) is 0 Å². The summed E-state index contributed by atoms with van der Waals surface area (Å²) in [6.07, 6.45) is 2.11. The highest BCUT2D eigenvalue weighted by molar-refractivity contribution is 7.89. The number of rotatable bonds is 6. The van der Waals surface area contributed by atoms with E-state index < -0.39 is 27.9 Å². The lowest BCUT2D eigenvalue weighted by Gasteiger charge is -2.39. The number of sulfonamides is 1. The largest absolute Gasteiger partial charge is 0.450 e. The van der Waals surface area contributed by atoms with E-state index >= 15 is 0 Å². The highest BCUT2D eigenvalue weighted by Gasteiger charge is 2.53. The van der Waals surface area contributed by atoms with Crippen molar-refractivity contribution in [3.05, 3.63) is 45.8 Å². The molecule has 232 valence electrons. The van der Waals surface area contributed by atoms with Crippen LogP contribution < -0.4 is 10.6 Å². The van der Waals surface area contributed by atoms with Gasteiger partial charge in [-0.2, -0.15) is 4.31 Å². The summed E-state index contributed by atoms with van der Waals surface area (Å²) in [4.78, 5) is 52.9. The number of hydrogen-bond donors (Lipinski definition) is 2. The number of nitrogens with zero attached hydrogens (tertiary/aromatic N) is 2. The van der Waals surface area contributed by atoms with E-state index in [9.17, 15) is 27.6 Å². The lowest BCUT2D eigenvalue weighted by molar-refractivity contribution is -0.129. The van der Waals surface area contributed by atoms with Crippen LogP contribution in [0.2, 0.25) is 0 Å². The molecule has 1 aromatic carbocycles. The van der Waals surface area contributed by atoms with Crippen LogP contribution >= 0.6 is 11.3 Å². The molecule has 2 atom stereocenters. The maximum atomic E-state index is 13.7. The van der Waals surface area contributed by atoms with Gasteiger partial charge in [0, 0.05) is 36.5 Å². The molecule has 2 unspecified atom stereocenters. The Bertz CT molecular complexity index is 1580. The fourth-order valence-electron chi connectivity index (χ4n) is 7.10. The lowest BCUT2D eigenvalue weighted by Crippen LogP contribution is -2.37. The molecule has 43 heavy (non-hydrogen) atoms. The minimum Gasteiger partial charge on any atom is -0.450 e. The number of thiophene rings is 1. The van der Waals surface area contributed by atoms with Gasteiger partial charge in [-0.15, -0.1) is 11.3 Å². The van der Waals surface area contributed by atoms with Gasteiger partial charge < -0.3 is 15.0 Å². The van der Waals surface area contributed by atoms with E-state index in [0.717, 1.165) is 24.1 Å². The number of alkyl carbamates (subject to hydrolysis) is 1. The molecule has 2 aliphatic heterocycles. The molecule has 5 rings (SSSR count). The highest BCUT2D eigenvalue weighted by atomic mass is 32.2. The van der Waals surface area contributed by atoms with Gasteiger partial charge in [-0.05, 0) is 73.3 Å². The normalized spacial score (nSPS) is 22.9. The molecule has 13 heteroatoms. The standard InChI is InChI=1S/C30H38N4O7S2/c1-6-41-28(38)32-26(37)24-22-11-12-33(18(2)35)15-23(22)42-27(24)31-25(36)19-7-9-21(10-8-19)43(39,40)34-17-30(5)14-20(34)13-29(3,4)16-30/h7-10,20H,6,11-17H2,1-5H3,(H,31,36)(H,32,37,38). The molecule has 1 saturated heterocycles. The van der Waals surface area contributed by atoms with Crippen LogP contribution in [0.4, 0.5) is 9.80 Å². The third-order valence-corrected chi connectivity index (χ3v) is 11.6. The monoisotopic (exact) mass is 630 g/mol. The van der Waals surface area contributed by atoms with Gasteiger partial charge in [0.15, 0.2) is 0 Å². The minimum atomic E-state index is -3.76. The predicted molar refractivity (Wildman–Crippen MR) is 161 cm³/mol. The maximum absolute atomic E-state index is 13.7. The molecular weight excluding hydrogens is 592 g/mol. The Morgan fingerprint density at radius 1 is 1.07 bits per heavy atom. The lowest BCUT2D eigenvalue weighted by atomic mass is 9.65. The number of nitrogens with one attached hydrogen (secondary N) is 2. The predicted octanol–water partition coefficient (Wildman–Crippen LogP) is 4.38. The molecule has 1 aromatic heterocycles. The fourth-order valence-corrected chi connectivity index (χ4v) is 10.1. The molecule has 3 heterocycles. The van der Waals surface area contributed by atoms with E-state index in [1.54, 1.807) is 16.1 Å². The molecule has 2 bridgehead atoms. The fraction of sp³-hybridized carbons (Fsp3) is 0.533. The summed E-state index contributed by atoms with van der Waals surface area (Å²) in [6, 6.07) is 5.75. The SMILES string of the molecule is CCOC(=O)NC(=O)c1c(NC(=O)c2ccc(S(=O)(=O)N3CC4(C)CC3CC(C)(C)C4)cc2)sc2c1CCN(C(C)=O)C2. The Hall–Kier alpha value is -3.29. The number of benzene rings is 1. The molecule has 2 fully saturated rings. The summed E-state index contributed by atoms with van der Waals surface area (Å²) >= 11 is 1.17. The second-order valence-electron chi connectivity index (χ2n) is 12.8. The number of imide groups is 1. The summed E-state index contributed by atoms with van der Waals surface area (Å²) in [5.74, 6) is -1.36. The van der Waals surface area contributed by atoms with Crippen LogP contribution in [-0.2, 0) is 32.5 Å². The van der Waals surface area contributed by atoms with Gasteiger partial charge in [0.05, 0.1) is 23.6 Å². The van der Waals surface area contributed by atoms with Crippen molar-refractivity contribution in [3.63, 3.8) is 0 Å². The number of amides is 4. The van der Waals surface area contributed by atoms with Gasteiger partial charge in [0.1, 0.15) is 5.00 Å². The molecule has 11 nitrogen and oxygen atoms in total. The Morgan fingerprint density at radius 2 is 1.77 bits per heavy atom. The summed E-state index contributed by atoms with van der Waals surface area (Å²) in [5, 5.41) is 5.21. The number of carbonyl (C=O) groups is 4. The molecule has 0 spiro atoms. The van der Waals surface area contributed by atoms with Gasteiger partial charge >= 0.3 is 6.09 Å². The van der Waals surface area contributed by atoms with E-state index in [2.05, 4.69) is 31.4 Å². The zero-order valence-corrected chi connectivity index (χ0v) is 26.7. The quantitative estimate of drug-likeness (QED) is 0.482. The van der Waals surface area contributed by atoms with Crippen molar-refractivity contribution < 1.29 is 32.3 Å². The Balaban J connectivity index is 1.37. The topological polar surface area (TPSA) is 142 Å². The second-order valence-corrected chi connectivity index (χ2v) is 15.8. The van der Waals surface area contributed by atoms with Gasteiger partial charge in [0.25, 0.3) is 11.8 Å². The first-order chi connectivity index (χ1) is 20.1. The van der Waals surface area contributed by atoms with Gasteiger partial charge in [0.2, 0.25) is 15.9 Å². The van der Waals surface area contributed by atoms with Crippen LogP contribution in [-0.4, -0.2) is 67.2 Å². The minimum absolute atomic E-state index is 0.0512. The van der Waals surface area contributed by atoms with E-state index in [-0.39, 0.29) is 57.0 Å². The van der Waals surface area contributed by atoms with E-state index in [0.29, 0.717) is 25.1 Å². The van der Waals surface area contributed by atoms with Crippen molar-refractivity contribution in [2.45, 2.75) is 77.8 Å². The van der Waals surface area contributed by atoms with Crippen LogP contribution in [0.3, 0.4) is 0 Å². The van der Waals surface area contributed by atoms with Crippen LogP contribution in [0, 0.1) is 10.8 Å². The summed E-state index contributed by atoms with van der Waals surface area (Å²) in [5.41, 5.74) is 1.04. The van der Waals surface area contributed by atoms with Crippen molar-refractivity contribution in [1.82, 2.24) is 14.5 Å². The zero-order chi connectivity index (χ0) is 31.3. The average Bonchev–Trinajstić information content (AvgIpc) is 3.40. The number of hydrogen-bond acceptors (Lipinski definition) is 8. The van der Waals surface area contributed by atoms with E-state index in [4.69, 9.17) is 4.74 Å². The van der Waals surface area contributed by atoms with Crippen LogP contribution in [0.25, 0.3) is 0 Å². The first-order valence-electron chi connectivity index (χ1n) is 14.4. The van der Waals surface area contributed by atoms with Crippen molar-refractivity contribution in [2.24, 2.45) is 10.8 Å². The third kappa shape index (κ3) is 6.20. The van der Waals surface area contributed by atoms with Crippen molar-refractivity contribution in [3.8, 4) is 0 Å². The molecule has 3 aliphatic rings. The Kier molecular flexibility index (Phi) is 8.20. The first-order valence-corrected chi connectivity index (χ1v) is 16.7. The number of carbonyl (C=O) groups excluding carboxylic acids is 4. The molecular formula is C30H38N4O7S2. The first kappa shape index (κ1) is 31.1. The molecule has 0 radical (unpaired) electrons. The smallest absolute Gasteiger partial charge is 0.414 e. The maximum Gasteiger partial charge on any atom is 0.414 e. The second kappa shape index (κ2) is 11.3. The molecule has 1 aliphatic carbocycles. The third-order valence-electron chi connectivity index (χ3n) is 8.54. The molecule has 4 amide bonds. The summed E-state index contributed by atoms with van der Waals surface area (Å²) in [6.45, 7) is 10.9. The number of anilines is 1. The summed E-state index contributed by atoms with van der Waals surface area (Å²) < 4.78 is 33.8. The van der Waals surface area contributed by atoms with Crippen LogP contribution in [0.5, 0.6) is 0 Å². The van der Waals surface area contributed by atoms with Crippen molar-refractivity contribution in [2.75, 3.05) is 25.0 Å². The summed E-state index contributed by atoms with van der Waals surface area (Å²) in [7, 11) is -3.76. The van der Waals surface area contributed by atoms with Gasteiger partial charge in [-0.1, -0.05) is 20.8 Å².